The van der Waals surface area contributed by atoms with Gasteiger partial charge in [0.15, 0.2) is 0 Å². The lowest BCUT2D eigenvalue weighted by atomic mass is 10.2. The van der Waals surface area contributed by atoms with Crippen molar-refractivity contribution in [3.05, 3.63) is 31.3 Å². The van der Waals surface area contributed by atoms with Crippen LogP contribution in [0.25, 0.3) is 0 Å². The highest BCUT2D eigenvalue weighted by Gasteiger charge is 2.31. The van der Waals surface area contributed by atoms with Gasteiger partial charge in [0.05, 0.1) is 19.2 Å². The van der Waals surface area contributed by atoms with Gasteiger partial charge in [0, 0.05) is 0 Å². The number of hydrogen-bond acceptors (Lipinski definition) is 0. The number of hydrogen-bond donors (Lipinski definition) is 0. The van der Waals surface area contributed by atoms with Gasteiger partial charge in [0.1, 0.15) is 0 Å². The third-order valence-corrected chi connectivity index (χ3v) is 3.71. The van der Waals surface area contributed by atoms with E-state index < -0.39 is 11.7 Å². The van der Waals surface area contributed by atoms with Crippen molar-refractivity contribution < 1.29 is 13.2 Å². The third-order valence-electron chi connectivity index (χ3n) is 1.31. The Morgan fingerprint density at radius 3 is 1.77 bits per heavy atom. The maximum atomic E-state index is 12.2. The van der Waals surface area contributed by atoms with Gasteiger partial charge in [-0.2, -0.15) is 13.2 Å². The minimum atomic E-state index is -4.41. The van der Waals surface area contributed by atoms with Crippen molar-refractivity contribution in [2.24, 2.45) is 0 Å². The van der Waals surface area contributed by atoms with Gasteiger partial charge in [-0.25, -0.2) is 0 Å². The zero-order valence-electron chi connectivity index (χ0n) is 5.92. The molecule has 0 heterocycles. The molecule has 0 bridgehead atoms. The normalized spacial score (nSPS) is 11.8. The van der Waals surface area contributed by atoms with Crippen LogP contribution in [0.15, 0.2) is 12.1 Å². The van der Waals surface area contributed by atoms with Crippen LogP contribution in [0, 0.1) is 3.57 Å². The molecule has 1 rings (SSSR count). The Morgan fingerprint density at radius 2 is 1.46 bits per heavy atom. The number of alkyl halides is 3. The molecule has 0 amide bonds. The van der Waals surface area contributed by atoms with Crippen LogP contribution in [0.1, 0.15) is 5.56 Å². The molecule has 0 aliphatic carbocycles. The molecule has 0 fully saturated rings. The highest BCUT2D eigenvalue weighted by atomic mass is 127. The summed E-state index contributed by atoms with van der Waals surface area (Å²) in [7, 11) is 0. The van der Waals surface area contributed by atoms with Gasteiger partial charge in [0.2, 0.25) is 0 Å². The molecule has 72 valence electrons. The fraction of sp³-hybridized carbons (Fsp3) is 0.143. The van der Waals surface area contributed by atoms with Crippen LogP contribution in [0.3, 0.4) is 0 Å². The summed E-state index contributed by atoms with van der Waals surface area (Å²) < 4.78 is 36.9. The summed E-state index contributed by atoms with van der Waals surface area (Å²) in [4.78, 5) is 0. The quantitative estimate of drug-likeness (QED) is 0.477. The molecule has 0 radical (unpaired) electrons. The van der Waals surface area contributed by atoms with E-state index in [4.69, 9.17) is 23.2 Å². The van der Waals surface area contributed by atoms with Gasteiger partial charge in [-0.3, -0.25) is 0 Å². The largest absolute Gasteiger partial charge is 0.416 e. The lowest BCUT2D eigenvalue weighted by molar-refractivity contribution is -0.137. The maximum absolute atomic E-state index is 12.2. The molecule has 0 atom stereocenters. The Bertz CT molecular complexity index is 312. The first-order valence-corrected chi connectivity index (χ1v) is 4.87. The second kappa shape index (κ2) is 3.82. The van der Waals surface area contributed by atoms with Crippen molar-refractivity contribution in [3.8, 4) is 0 Å². The van der Waals surface area contributed by atoms with E-state index in [1.807, 2.05) is 0 Å². The van der Waals surface area contributed by atoms with E-state index in [-0.39, 0.29) is 10.0 Å². The summed E-state index contributed by atoms with van der Waals surface area (Å²) >= 11 is 12.8. The Labute approximate surface area is 96.2 Å². The molecule has 0 nitrogen and oxygen atoms in total. The van der Waals surface area contributed by atoms with Gasteiger partial charge < -0.3 is 0 Å². The van der Waals surface area contributed by atoms with E-state index in [1.165, 1.54) is 0 Å². The van der Waals surface area contributed by atoms with Crippen LogP contribution >= 0.6 is 45.8 Å². The monoisotopic (exact) mass is 340 g/mol. The first-order valence-electron chi connectivity index (χ1n) is 3.04. The summed E-state index contributed by atoms with van der Waals surface area (Å²) in [6.07, 6.45) is -4.41. The second-order valence-corrected chi connectivity index (χ2v) is 4.14. The minimum absolute atomic E-state index is 0.0143. The van der Waals surface area contributed by atoms with Gasteiger partial charge in [-0.1, -0.05) is 23.2 Å². The molecule has 0 saturated carbocycles. The second-order valence-electron chi connectivity index (χ2n) is 2.25. The lowest BCUT2D eigenvalue weighted by Gasteiger charge is -2.08. The maximum Gasteiger partial charge on any atom is 0.416 e. The predicted octanol–water partition coefficient (Wildman–Crippen LogP) is 4.62. The molecule has 0 spiro atoms. The van der Waals surface area contributed by atoms with E-state index in [9.17, 15) is 13.2 Å². The zero-order chi connectivity index (χ0) is 10.2. The van der Waals surface area contributed by atoms with Crippen molar-refractivity contribution in [1.29, 1.82) is 0 Å². The molecule has 0 aromatic heterocycles. The SMILES string of the molecule is FC(F)(F)c1cc(Cl)c(I)c(Cl)c1. The highest BCUT2D eigenvalue weighted by Crippen LogP contribution is 2.36. The molecule has 13 heavy (non-hydrogen) atoms. The average molecular weight is 341 g/mol. The van der Waals surface area contributed by atoms with Crippen LogP contribution in [-0.4, -0.2) is 0 Å². The fourth-order valence-electron chi connectivity index (χ4n) is 0.719. The van der Waals surface area contributed by atoms with E-state index in [1.54, 1.807) is 22.6 Å². The predicted molar refractivity (Wildman–Crippen MR) is 54.2 cm³/mol. The smallest absolute Gasteiger partial charge is 0.166 e. The molecule has 0 aliphatic rings. The molecule has 0 aliphatic heterocycles. The number of rotatable bonds is 0. The van der Waals surface area contributed by atoms with Crippen LogP contribution in [0.2, 0.25) is 10.0 Å². The molecule has 6 heteroatoms. The first kappa shape index (κ1) is 11.4. The Hall–Kier alpha value is 0.320. The summed E-state index contributed by atoms with van der Waals surface area (Å²) in [5.41, 5.74) is -0.831. The molecular weight excluding hydrogens is 339 g/mol. The standard InChI is InChI=1S/C7H2Cl2F3I/c8-4-1-3(7(10,11)12)2-5(9)6(4)13/h1-2H. The Morgan fingerprint density at radius 1 is 1.08 bits per heavy atom. The topological polar surface area (TPSA) is 0 Å². The van der Waals surface area contributed by atoms with Crippen molar-refractivity contribution in [2.45, 2.75) is 6.18 Å². The van der Waals surface area contributed by atoms with Crippen LogP contribution in [0.4, 0.5) is 13.2 Å². The first-order chi connectivity index (χ1) is 5.82. The van der Waals surface area contributed by atoms with Gasteiger partial charge in [-0.15, -0.1) is 0 Å². The summed E-state index contributed by atoms with van der Waals surface area (Å²) in [5.74, 6) is 0. The van der Waals surface area contributed by atoms with Crippen LogP contribution in [0.5, 0.6) is 0 Å². The summed E-state index contributed by atoms with van der Waals surface area (Å²) in [6.45, 7) is 0. The van der Waals surface area contributed by atoms with Gasteiger partial charge in [0.25, 0.3) is 0 Å². The molecular formula is C7H2Cl2F3I. The van der Waals surface area contributed by atoms with Gasteiger partial charge >= 0.3 is 6.18 Å². The third kappa shape index (κ3) is 2.63. The van der Waals surface area contributed by atoms with E-state index >= 15 is 0 Å². The number of benzene rings is 1. The highest BCUT2D eigenvalue weighted by molar-refractivity contribution is 14.1. The lowest BCUT2D eigenvalue weighted by Crippen LogP contribution is -2.05. The van der Waals surface area contributed by atoms with E-state index in [2.05, 4.69) is 0 Å². The van der Waals surface area contributed by atoms with Gasteiger partial charge in [-0.05, 0) is 34.7 Å². The summed E-state index contributed by atoms with van der Waals surface area (Å²) in [5, 5.41) is 0.0286. The minimum Gasteiger partial charge on any atom is -0.166 e. The molecule has 1 aromatic carbocycles. The molecule has 0 saturated heterocycles. The molecule has 1 aromatic rings. The average Bonchev–Trinajstić information content (AvgIpc) is 1.97. The van der Waals surface area contributed by atoms with Crippen molar-refractivity contribution >= 4 is 45.8 Å². The fourth-order valence-corrected chi connectivity index (χ4v) is 1.52. The Kier molecular flexibility index (Phi) is 3.35. The van der Waals surface area contributed by atoms with Crippen LogP contribution < -0.4 is 0 Å². The number of halogens is 6. The van der Waals surface area contributed by atoms with Crippen molar-refractivity contribution in [1.82, 2.24) is 0 Å². The molecule has 0 N–H and O–H groups in total. The molecule has 0 unspecified atom stereocenters. The zero-order valence-corrected chi connectivity index (χ0v) is 9.59. The van der Waals surface area contributed by atoms with Crippen molar-refractivity contribution in [2.75, 3.05) is 0 Å². The summed E-state index contributed by atoms with van der Waals surface area (Å²) in [6, 6.07) is 1.71. The Balaban J connectivity index is 3.29. The van der Waals surface area contributed by atoms with Crippen LogP contribution in [-0.2, 0) is 6.18 Å². The van der Waals surface area contributed by atoms with E-state index in [0.29, 0.717) is 3.57 Å². The van der Waals surface area contributed by atoms with Crippen molar-refractivity contribution in [3.63, 3.8) is 0 Å². The van der Waals surface area contributed by atoms with E-state index in [0.717, 1.165) is 12.1 Å².